The van der Waals surface area contributed by atoms with E-state index in [0.717, 1.165) is 0 Å². The number of halogens is 11. The summed E-state index contributed by atoms with van der Waals surface area (Å²) >= 11 is 5.57. The summed E-state index contributed by atoms with van der Waals surface area (Å²) in [7, 11) is 1.39. The van der Waals surface area contributed by atoms with Crippen LogP contribution >= 0.6 is 32.1 Å². The standard InChI is InChI=1S/C26H14Br2F9N3O2/c1-39(21(41)15-7-5-14(13-38)6-8-15)18-4-2-3-16(11-18)22(42)40(28)20-10-9-17(12-19(20)27)23(29,25(32,33)34)24(30,31)26(35,36)37/h2-12H,1H3. The molecule has 0 radical (unpaired) electrons. The van der Waals surface area contributed by atoms with Gasteiger partial charge in [-0.3, -0.25) is 9.59 Å². The molecule has 0 spiro atoms. The zero-order valence-electron chi connectivity index (χ0n) is 20.7. The summed E-state index contributed by atoms with van der Waals surface area (Å²) in [6.07, 6.45) is -13.6. The van der Waals surface area contributed by atoms with Crippen LogP contribution in [0.15, 0.2) is 71.2 Å². The number of carbonyl (C=O) groups excluding carboxylic acids is 2. The van der Waals surface area contributed by atoms with Crippen molar-refractivity contribution >= 4 is 55.3 Å². The van der Waals surface area contributed by atoms with Crippen molar-refractivity contribution in [3.8, 4) is 6.07 Å². The van der Waals surface area contributed by atoms with E-state index >= 15 is 0 Å². The topological polar surface area (TPSA) is 64.4 Å². The maximum absolute atomic E-state index is 14.8. The van der Waals surface area contributed by atoms with Crippen LogP contribution in [-0.4, -0.2) is 37.1 Å². The van der Waals surface area contributed by atoms with Crippen LogP contribution in [0.4, 0.5) is 50.9 Å². The third-order valence-electron chi connectivity index (χ3n) is 5.96. The predicted molar refractivity (Wildman–Crippen MR) is 140 cm³/mol. The molecule has 5 nitrogen and oxygen atoms in total. The summed E-state index contributed by atoms with van der Waals surface area (Å²) in [4.78, 5) is 27.1. The maximum Gasteiger partial charge on any atom is 0.457 e. The molecule has 1 unspecified atom stereocenters. The molecule has 42 heavy (non-hydrogen) atoms. The largest absolute Gasteiger partial charge is 0.457 e. The lowest BCUT2D eigenvalue weighted by Crippen LogP contribution is -2.59. The fourth-order valence-corrected chi connectivity index (χ4v) is 4.98. The average Bonchev–Trinajstić information content (AvgIpc) is 2.93. The average molecular weight is 731 g/mol. The van der Waals surface area contributed by atoms with Crippen LogP contribution in [0.25, 0.3) is 0 Å². The normalized spacial score (nSPS) is 13.6. The van der Waals surface area contributed by atoms with Gasteiger partial charge in [0.2, 0.25) is 0 Å². The van der Waals surface area contributed by atoms with Crippen LogP contribution in [-0.2, 0) is 5.67 Å². The van der Waals surface area contributed by atoms with E-state index in [1.807, 2.05) is 6.07 Å². The Morgan fingerprint density at radius 1 is 0.786 bits per heavy atom. The molecule has 3 rings (SSSR count). The summed E-state index contributed by atoms with van der Waals surface area (Å²) in [6, 6.07) is 13.7. The minimum Gasteiger partial charge on any atom is -0.311 e. The van der Waals surface area contributed by atoms with E-state index in [1.54, 1.807) is 0 Å². The number of alkyl halides is 9. The number of nitrogens with zero attached hydrogens (tertiary/aromatic N) is 3. The van der Waals surface area contributed by atoms with E-state index in [2.05, 4.69) is 32.1 Å². The van der Waals surface area contributed by atoms with Crippen LogP contribution in [0, 0.1) is 11.3 Å². The van der Waals surface area contributed by atoms with Gasteiger partial charge < -0.3 is 4.90 Å². The minimum absolute atomic E-state index is 0.0508. The summed E-state index contributed by atoms with van der Waals surface area (Å²) in [5, 5.41) is 8.90. The van der Waals surface area contributed by atoms with Crippen molar-refractivity contribution < 1.29 is 49.1 Å². The lowest BCUT2D eigenvalue weighted by molar-refractivity contribution is -0.389. The zero-order chi connectivity index (χ0) is 31.8. The van der Waals surface area contributed by atoms with Gasteiger partial charge in [-0.05, 0) is 70.5 Å². The molecule has 0 N–H and O–H groups in total. The minimum atomic E-state index is -6.89. The van der Waals surface area contributed by atoms with E-state index < -0.39 is 45.8 Å². The first-order chi connectivity index (χ1) is 19.3. The highest BCUT2D eigenvalue weighted by molar-refractivity contribution is 9.11. The van der Waals surface area contributed by atoms with Crippen LogP contribution in [0.5, 0.6) is 0 Å². The highest BCUT2D eigenvalue weighted by Gasteiger charge is 2.81. The highest BCUT2D eigenvalue weighted by Crippen LogP contribution is 2.58. The Hall–Kier alpha value is -3.58. The fraction of sp³-hybridized carbons (Fsp3) is 0.192. The van der Waals surface area contributed by atoms with E-state index in [-0.39, 0.29) is 34.6 Å². The first-order valence-electron chi connectivity index (χ1n) is 11.2. The van der Waals surface area contributed by atoms with Gasteiger partial charge in [0.1, 0.15) is 0 Å². The number of anilines is 2. The molecular weight excluding hydrogens is 717 g/mol. The molecule has 2 amide bonds. The van der Waals surface area contributed by atoms with E-state index in [4.69, 9.17) is 5.26 Å². The van der Waals surface area contributed by atoms with Crippen LogP contribution < -0.4 is 8.83 Å². The number of rotatable bonds is 6. The van der Waals surface area contributed by atoms with E-state index in [9.17, 15) is 49.1 Å². The van der Waals surface area contributed by atoms with Crippen molar-refractivity contribution in [2.45, 2.75) is 23.9 Å². The van der Waals surface area contributed by atoms with Gasteiger partial charge in [0.15, 0.2) is 0 Å². The molecule has 0 aliphatic carbocycles. The Bertz CT molecular complexity index is 1550. The van der Waals surface area contributed by atoms with Gasteiger partial charge >= 0.3 is 23.9 Å². The van der Waals surface area contributed by atoms with E-state index in [1.165, 1.54) is 60.5 Å². The predicted octanol–water partition coefficient (Wildman–Crippen LogP) is 8.48. The van der Waals surface area contributed by atoms with Crippen LogP contribution in [0.3, 0.4) is 0 Å². The molecular formula is C26H14Br2F9N3O2. The summed E-state index contributed by atoms with van der Waals surface area (Å²) < 4.78 is 121. The van der Waals surface area contributed by atoms with Crippen molar-refractivity contribution in [1.29, 1.82) is 5.26 Å². The molecule has 0 fully saturated rings. The molecule has 0 aliphatic heterocycles. The van der Waals surface area contributed by atoms with Crippen molar-refractivity contribution in [3.63, 3.8) is 0 Å². The molecule has 16 heteroatoms. The van der Waals surface area contributed by atoms with Crippen molar-refractivity contribution in [2.24, 2.45) is 0 Å². The molecule has 222 valence electrons. The third kappa shape index (κ3) is 5.84. The molecule has 1 atom stereocenters. The first kappa shape index (κ1) is 32.9. The molecule has 0 saturated heterocycles. The highest BCUT2D eigenvalue weighted by atomic mass is 79.9. The molecule has 0 aromatic heterocycles. The number of carbonyl (C=O) groups is 2. The quantitative estimate of drug-likeness (QED) is 0.189. The Morgan fingerprint density at radius 3 is 1.88 bits per heavy atom. The lowest BCUT2D eigenvalue weighted by atomic mass is 9.87. The fourth-order valence-electron chi connectivity index (χ4n) is 3.67. The van der Waals surface area contributed by atoms with E-state index in [0.29, 0.717) is 15.6 Å². The SMILES string of the molecule is CN(C(=O)c1ccc(C#N)cc1)c1cccc(C(=O)N(Br)c2ccc(C(F)(C(F)(F)F)C(F)(F)C(F)(F)F)cc2Br)c1. The number of nitriles is 1. The second kappa shape index (κ2) is 11.6. The molecule has 0 heterocycles. The molecule has 0 aliphatic rings. The Kier molecular flexibility index (Phi) is 9.09. The van der Waals surface area contributed by atoms with Gasteiger partial charge in [-0.2, -0.15) is 40.4 Å². The third-order valence-corrected chi connectivity index (χ3v) is 7.30. The van der Waals surface area contributed by atoms with Crippen LogP contribution in [0.1, 0.15) is 31.8 Å². The smallest absolute Gasteiger partial charge is 0.311 e. The van der Waals surface area contributed by atoms with Crippen LogP contribution in [0.2, 0.25) is 0 Å². The van der Waals surface area contributed by atoms with Crippen molar-refractivity contribution in [2.75, 3.05) is 15.9 Å². The van der Waals surface area contributed by atoms with Crippen molar-refractivity contribution in [1.82, 2.24) is 0 Å². The van der Waals surface area contributed by atoms with Gasteiger partial charge in [0.05, 0.1) is 33.5 Å². The monoisotopic (exact) mass is 729 g/mol. The van der Waals surface area contributed by atoms with Gasteiger partial charge in [-0.15, -0.1) is 0 Å². The van der Waals surface area contributed by atoms with Gasteiger partial charge in [-0.1, -0.05) is 12.1 Å². The van der Waals surface area contributed by atoms with Crippen molar-refractivity contribution in [3.05, 3.63) is 93.5 Å². The molecule has 3 aromatic rings. The molecule has 3 aromatic carbocycles. The Balaban J connectivity index is 1.94. The maximum atomic E-state index is 14.8. The van der Waals surface area contributed by atoms with Gasteiger partial charge in [0.25, 0.3) is 11.8 Å². The molecule has 0 saturated carbocycles. The lowest BCUT2D eigenvalue weighted by Gasteiger charge is -2.36. The van der Waals surface area contributed by atoms with Gasteiger partial charge in [0, 0.05) is 33.9 Å². The molecule has 0 bridgehead atoms. The summed E-state index contributed by atoms with van der Waals surface area (Å²) in [5.41, 5.74) is -7.93. The second-order valence-corrected chi connectivity index (χ2v) is 10.1. The second-order valence-electron chi connectivity index (χ2n) is 8.58. The van der Waals surface area contributed by atoms with Gasteiger partial charge in [-0.25, -0.2) is 8.32 Å². The summed E-state index contributed by atoms with van der Waals surface area (Å²) in [6.45, 7) is 0. The Morgan fingerprint density at radius 2 is 1.38 bits per heavy atom. The number of hydrogen-bond acceptors (Lipinski definition) is 3. The Labute approximate surface area is 248 Å². The number of amides is 2. The zero-order valence-corrected chi connectivity index (χ0v) is 23.8. The number of benzene rings is 3. The number of hydrogen-bond donors (Lipinski definition) is 0. The summed E-state index contributed by atoms with van der Waals surface area (Å²) in [5.74, 6) is -8.27. The first-order valence-corrected chi connectivity index (χ1v) is 12.7.